The van der Waals surface area contributed by atoms with Crippen LogP contribution in [-0.2, 0) is 20.7 Å². The number of nitrogens with one attached hydrogen (secondary N) is 2. The molecule has 2 N–H and O–H groups in total. The van der Waals surface area contributed by atoms with Gasteiger partial charge in [0.15, 0.2) is 12.3 Å². The molecule has 0 unspecified atom stereocenters. The molecule has 0 bridgehead atoms. The van der Waals surface area contributed by atoms with E-state index in [0.717, 1.165) is 5.56 Å². The molecule has 4 amide bonds. The molecule has 2 aromatic rings. The minimum atomic E-state index is -1.16. The van der Waals surface area contributed by atoms with E-state index in [9.17, 15) is 19.2 Å². The van der Waals surface area contributed by atoms with Crippen LogP contribution in [0.1, 0.15) is 29.4 Å². The number of amides is 4. The number of imide groups is 1. The molecule has 2 heterocycles. The van der Waals surface area contributed by atoms with Gasteiger partial charge in [-0.25, -0.2) is 14.6 Å². The van der Waals surface area contributed by atoms with Crippen molar-refractivity contribution in [3.05, 3.63) is 60.2 Å². The maximum absolute atomic E-state index is 12.7. The maximum atomic E-state index is 12.7. The van der Waals surface area contributed by atoms with Crippen molar-refractivity contribution in [2.24, 2.45) is 0 Å². The molecular formula is C19H19N5O5. The van der Waals surface area contributed by atoms with Crippen LogP contribution in [0.2, 0.25) is 0 Å². The first kappa shape index (κ1) is 19.9. The van der Waals surface area contributed by atoms with E-state index in [4.69, 9.17) is 4.74 Å². The third kappa shape index (κ3) is 4.72. The average molecular weight is 397 g/mol. The molecule has 1 saturated heterocycles. The van der Waals surface area contributed by atoms with Gasteiger partial charge in [0.1, 0.15) is 5.54 Å². The van der Waals surface area contributed by atoms with Gasteiger partial charge in [0.25, 0.3) is 11.8 Å². The molecule has 1 fully saturated rings. The van der Waals surface area contributed by atoms with Crippen LogP contribution in [-0.4, -0.2) is 50.9 Å². The molecule has 0 aliphatic carbocycles. The van der Waals surface area contributed by atoms with Crippen molar-refractivity contribution in [2.45, 2.75) is 25.3 Å². The first-order valence-electron chi connectivity index (χ1n) is 8.82. The number of carbonyl (C=O) groups is 4. The maximum Gasteiger partial charge on any atom is 0.359 e. The topological polar surface area (TPSA) is 131 Å². The summed E-state index contributed by atoms with van der Waals surface area (Å²) < 4.78 is 4.80. The number of nitrogens with zero attached hydrogens (tertiary/aromatic N) is 3. The molecule has 10 heteroatoms. The Morgan fingerprint density at radius 2 is 1.97 bits per heavy atom. The summed E-state index contributed by atoms with van der Waals surface area (Å²) >= 11 is 0. The van der Waals surface area contributed by atoms with Crippen LogP contribution < -0.4 is 10.7 Å². The number of rotatable bonds is 7. The molecule has 10 nitrogen and oxygen atoms in total. The number of benzene rings is 1. The summed E-state index contributed by atoms with van der Waals surface area (Å²) in [5, 5.41) is 3.19. The number of aryl methyl sites for hydroxylation is 1. The third-order valence-electron chi connectivity index (χ3n) is 4.36. The molecule has 29 heavy (non-hydrogen) atoms. The summed E-state index contributed by atoms with van der Waals surface area (Å²) in [4.78, 5) is 56.1. The predicted molar refractivity (Wildman–Crippen MR) is 99.0 cm³/mol. The van der Waals surface area contributed by atoms with Crippen molar-refractivity contribution in [2.75, 3.05) is 6.61 Å². The van der Waals surface area contributed by atoms with Crippen LogP contribution in [0.5, 0.6) is 0 Å². The molecule has 1 aliphatic heterocycles. The molecule has 1 aromatic carbocycles. The van der Waals surface area contributed by atoms with Gasteiger partial charge in [-0.3, -0.25) is 20.0 Å². The van der Waals surface area contributed by atoms with Crippen molar-refractivity contribution in [1.82, 2.24) is 25.7 Å². The fraction of sp³-hybridized carbons (Fsp3) is 0.263. The molecule has 1 aliphatic rings. The largest absolute Gasteiger partial charge is 0.451 e. The zero-order chi connectivity index (χ0) is 20.9. The average Bonchev–Trinajstić information content (AvgIpc) is 2.95. The standard InChI is InChI=1S/C19H19N5O5/c1-19(8-7-13-5-3-2-4-6-13)17(27)24(18(28)22-19)23-15(25)12-29-16(26)14-11-20-9-10-21-14/h2-6,9-11H,7-8,12H2,1H3,(H,22,28)(H,23,25)/t19-/m0/s1. The van der Waals surface area contributed by atoms with Gasteiger partial charge in [-0.2, -0.15) is 5.01 Å². The molecule has 0 spiro atoms. The summed E-state index contributed by atoms with van der Waals surface area (Å²) in [5.74, 6) is -2.27. The Morgan fingerprint density at radius 3 is 2.66 bits per heavy atom. The van der Waals surface area contributed by atoms with Gasteiger partial charge < -0.3 is 10.1 Å². The number of aromatic nitrogens is 2. The SMILES string of the molecule is C[C@@]1(CCc2ccccc2)NC(=O)N(NC(=O)COC(=O)c2cnccn2)C1=O. The summed E-state index contributed by atoms with van der Waals surface area (Å²) in [7, 11) is 0. The lowest BCUT2D eigenvalue weighted by Crippen LogP contribution is -2.50. The number of hydrazine groups is 1. The Hall–Kier alpha value is -3.82. The minimum absolute atomic E-state index is 0.0659. The van der Waals surface area contributed by atoms with Gasteiger partial charge in [-0.05, 0) is 25.3 Å². The quantitative estimate of drug-likeness (QED) is 0.517. The van der Waals surface area contributed by atoms with Crippen molar-refractivity contribution < 1.29 is 23.9 Å². The van der Waals surface area contributed by atoms with Crippen LogP contribution in [0.15, 0.2) is 48.9 Å². The first-order chi connectivity index (χ1) is 13.9. The van der Waals surface area contributed by atoms with Crippen molar-refractivity contribution in [3.63, 3.8) is 0 Å². The molecule has 1 aromatic heterocycles. The van der Waals surface area contributed by atoms with Gasteiger partial charge in [0.2, 0.25) is 0 Å². The number of urea groups is 1. The summed E-state index contributed by atoms with van der Waals surface area (Å²) in [6.45, 7) is 0.906. The monoisotopic (exact) mass is 397 g/mol. The Morgan fingerprint density at radius 1 is 1.21 bits per heavy atom. The zero-order valence-corrected chi connectivity index (χ0v) is 15.6. The summed E-state index contributed by atoms with van der Waals surface area (Å²) in [6.07, 6.45) is 4.81. The van der Waals surface area contributed by atoms with Gasteiger partial charge in [0, 0.05) is 12.4 Å². The van der Waals surface area contributed by atoms with Gasteiger partial charge >= 0.3 is 12.0 Å². The van der Waals surface area contributed by atoms with Crippen LogP contribution in [0.3, 0.4) is 0 Å². The van der Waals surface area contributed by atoms with Crippen LogP contribution in [0.25, 0.3) is 0 Å². The molecule has 150 valence electrons. The Balaban J connectivity index is 1.53. The van der Waals surface area contributed by atoms with E-state index in [-0.39, 0.29) is 5.69 Å². The lowest BCUT2D eigenvalue weighted by Gasteiger charge is -2.21. The highest BCUT2D eigenvalue weighted by atomic mass is 16.5. The minimum Gasteiger partial charge on any atom is -0.451 e. The van der Waals surface area contributed by atoms with Crippen molar-refractivity contribution in [1.29, 1.82) is 0 Å². The molecule has 1 atom stereocenters. The van der Waals surface area contributed by atoms with E-state index in [1.165, 1.54) is 18.6 Å². The van der Waals surface area contributed by atoms with Gasteiger partial charge in [-0.15, -0.1) is 0 Å². The summed E-state index contributed by atoms with van der Waals surface area (Å²) in [5.41, 5.74) is 1.96. The van der Waals surface area contributed by atoms with Gasteiger partial charge in [-0.1, -0.05) is 30.3 Å². The second-order valence-electron chi connectivity index (χ2n) is 6.59. The lowest BCUT2D eigenvalue weighted by atomic mass is 9.93. The van der Waals surface area contributed by atoms with Crippen LogP contribution >= 0.6 is 0 Å². The van der Waals surface area contributed by atoms with Gasteiger partial charge in [0.05, 0.1) is 6.20 Å². The Kier molecular flexibility index (Phi) is 5.82. The second-order valence-corrected chi connectivity index (χ2v) is 6.59. The number of hydrogen-bond acceptors (Lipinski definition) is 7. The Bertz CT molecular complexity index is 921. The van der Waals surface area contributed by atoms with E-state index in [0.29, 0.717) is 17.9 Å². The number of ether oxygens (including phenoxy) is 1. The zero-order valence-electron chi connectivity index (χ0n) is 15.6. The van der Waals surface area contributed by atoms with E-state index in [1.807, 2.05) is 30.3 Å². The third-order valence-corrected chi connectivity index (χ3v) is 4.36. The summed E-state index contributed by atoms with van der Waals surface area (Å²) in [6, 6.07) is 8.77. The van der Waals surface area contributed by atoms with Crippen LogP contribution in [0.4, 0.5) is 4.79 Å². The molecular weight excluding hydrogens is 378 g/mol. The molecule has 3 rings (SSSR count). The van der Waals surface area contributed by atoms with Crippen LogP contribution in [0, 0.1) is 0 Å². The molecule has 0 saturated carbocycles. The number of esters is 1. The fourth-order valence-corrected chi connectivity index (χ4v) is 2.76. The number of hydrogen-bond donors (Lipinski definition) is 2. The smallest absolute Gasteiger partial charge is 0.359 e. The highest BCUT2D eigenvalue weighted by Gasteiger charge is 2.48. The fourth-order valence-electron chi connectivity index (χ4n) is 2.76. The van der Waals surface area contributed by atoms with E-state index in [2.05, 4.69) is 20.7 Å². The number of carbonyl (C=O) groups excluding carboxylic acids is 4. The van der Waals surface area contributed by atoms with E-state index >= 15 is 0 Å². The van der Waals surface area contributed by atoms with E-state index in [1.54, 1.807) is 6.92 Å². The highest BCUT2D eigenvalue weighted by molar-refractivity contribution is 6.07. The lowest BCUT2D eigenvalue weighted by molar-refractivity contribution is -0.140. The van der Waals surface area contributed by atoms with E-state index < -0.39 is 36.0 Å². The Labute approximate surface area is 166 Å². The van der Waals surface area contributed by atoms with Crippen molar-refractivity contribution >= 4 is 23.8 Å². The predicted octanol–water partition coefficient (Wildman–Crippen LogP) is 0.608. The molecule has 0 radical (unpaired) electrons. The normalized spacial score (nSPS) is 18.3. The highest BCUT2D eigenvalue weighted by Crippen LogP contribution is 2.22. The first-order valence-corrected chi connectivity index (χ1v) is 8.82. The van der Waals surface area contributed by atoms with Crippen molar-refractivity contribution in [3.8, 4) is 0 Å². The second kappa shape index (κ2) is 8.46.